The molecule has 0 aliphatic carbocycles. The van der Waals surface area contributed by atoms with Gasteiger partial charge in [0, 0.05) is 11.8 Å². The van der Waals surface area contributed by atoms with Crippen molar-refractivity contribution in [1.29, 1.82) is 0 Å². The third-order valence-electron chi connectivity index (χ3n) is 4.52. The molecule has 0 saturated carbocycles. The van der Waals surface area contributed by atoms with Crippen LogP contribution in [0.2, 0.25) is 0 Å². The molecule has 1 aliphatic heterocycles. The van der Waals surface area contributed by atoms with Crippen molar-refractivity contribution in [3.8, 4) is 17.2 Å². The Bertz CT molecular complexity index is 1150. The van der Waals surface area contributed by atoms with Crippen molar-refractivity contribution in [2.45, 2.75) is 6.92 Å². The van der Waals surface area contributed by atoms with Crippen molar-refractivity contribution >= 4 is 39.1 Å². The molecule has 0 spiro atoms. The molecule has 0 radical (unpaired) electrons. The first-order valence-electron chi connectivity index (χ1n) is 9.48. The predicted molar refractivity (Wildman–Crippen MR) is 120 cm³/mol. The van der Waals surface area contributed by atoms with Gasteiger partial charge in [0.2, 0.25) is 6.79 Å². The summed E-state index contributed by atoms with van der Waals surface area (Å²) in [5, 5.41) is 5.54. The lowest BCUT2D eigenvalue weighted by Crippen LogP contribution is -2.23. The number of anilines is 2. The third-order valence-corrected chi connectivity index (χ3v) is 5.14. The molecule has 4 rings (SSSR count). The van der Waals surface area contributed by atoms with E-state index in [1.807, 2.05) is 19.1 Å². The summed E-state index contributed by atoms with van der Waals surface area (Å²) in [5.41, 5.74) is 2.34. The number of carbonyl (C=O) groups is 2. The lowest BCUT2D eigenvalue weighted by atomic mass is 10.1. The fraction of sp³-hybridized carbons (Fsp3) is 0.130. The van der Waals surface area contributed by atoms with Gasteiger partial charge in [0.25, 0.3) is 11.8 Å². The highest BCUT2D eigenvalue weighted by Crippen LogP contribution is 2.34. The number of carbonyl (C=O) groups excluding carboxylic acids is 2. The third kappa shape index (κ3) is 4.97. The molecular formula is C23H19BrN2O5. The summed E-state index contributed by atoms with van der Waals surface area (Å²) in [5.74, 6) is 1.02. The van der Waals surface area contributed by atoms with Gasteiger partial charge in [-0.3, -0.25) is 9.59 Å². The molecule has 2 N–H and O–H groups in total. The smallest absolute Gasteiger partial charge is 0.262 e. The minimum atomic E-state index is -0.379. The van der Waals surface area contributed by atoms with E-state index < -0.39 is 0 Å². The van der Waals surface area contributed by atoms with Crippen LogP contribution in [0.1, 0.15) is 15.9 Å². The van der Waals surface area contributed by atoms with Crippen LogP contribution in [0.15, 0.2) is 65.1 Å². The molecule has 1 heterocycles. The van der Waals surface area contributed by atoms with Gasteiger partial charge in [-0.15, -0.1) is 0 Å². The van der Waals surface area contributed by atoms with E-state index in [1.54, 1.807) is 48.5 Å². The van der Waals surface area contributed by atoms with Gasteiger partial charge in [-0.2, -0.15) is 0 Å². The standard InChI is InChI=1S/C23H19BrN2O5/c1-14-6-8-19(17(24)10-14)29-12-22(27)26-18-5-3-2-4-16(18)23(28)25-15-7-9-20-21(11-15)31-13-30-20/h2-11H,12-13H2,1H3,(H,25,28)(H,26,27). The zero-order chi connectivity index (χ0) is 21.8. The van der Waals surface area contributed by atoms with Gasteiger partial charge in [0.15, 0.2) is 18.1 Å². The normalized spacial score (nSPS) is 11.7. The van der Waals surface area contributed by atoms with Crippen LogP contribution in [0.4, 0.5) is 11.4 Å². The van der Waals surface area contributed by atoms with Gasteiger partial charge in [-0.25, -0.2) is 0 Å². The average molecular weight is 483 g/mol. The summed E-state index contributed by atoms with van der Waals surface area (Å²) in [6, 6.07) is 17.5. The van der Waals surface area contributed by atoms with E-state index in [1.165, 1.54) is 0 Å². The van der Waals surface area contributed by atoms with Gasteiger partial charge in [0.1, 0.15) is 5.75 Å². The SMILES string of the molecule is Cc1ccc(OCC(=O)Nc2ccccc2C(=O)Nc2ccc3c(c2)OCO3)c(Br)c1. The molecule has 0 saturated heterocycles. The highest BCUT2D eigenvalue weighted by molar-refractivity contribution is 9.10. The quantitative estimate of drug-likeness (QED) is 0.529. The minimum absolute atomic E-state index is 0.156. The Morgan fingerprint density at radius 3 is 2.65 bits per heavy atom. The van der Waals surface area contributed by atoms with Gasteiger partial charge in [-0.05, 0) is 64.8 Å². The molecule has 3 aromatic carbocycles. The summed E-state index contributed by atoms with van der Waals surface area (Å²) in [6.45, 7) is 1.93. The van der Waals surface area contributed by atoms with E-state index in [4.69, 9.17) is 14.2 Å². The number of aryl methyl sites for hydroxylation is 1. The number of para-hydroxylation sites is 1. The lowest BCUT2D eigenvalue weighted by Gasteiger charge is -2.13. The van der Waals surface area contributed by atoms with Gasteiger partial charge >= 0.3 is 0 Å². The highest BCUT2D eigenvalue weighted by Gasteiger charge is 2.17. The molecule has 2 amide bonds. The monoisotopic (exact) mass is 482 g/mol. The highest BCUT2D eigenvalue weighted by atomic mass is 79.9. The molecular weight excluding hydrogens is 464 g/mol. The second-order valence-electron chi connectivity index (χ2n) is 6.84. The van der Waals surface area contributed by atoms with E-state index in [0.717, 1.165) is 10.0 Å². The number of fused-ring (bicyclic) bond motifs is 1. The predicted octanol–water partition coefficient (Wildman–Crippen LogP) is 4.76. The van der Waals surface area contributed by atoms with Gasteiger partial charge in [-0.1, -0.05) is 18.2 Å². The Morgan fingerprint density at radius 2 is 1.81 bits per heavy atom. The van der Waals surface area contributed by atoms with E-state index in [-0.39, 0.29) is 25.2 Å². The Kier molecular flexibility index (Phi) is 6.08. The van der Waals surface area contributed by atoms with Crippen LogP contribution >= 0.6 is 15.9 Å². The summed E-state index contributed by atoms with van der Waals surface area (Å²) < 4.78 is 17.0. The van der Waals surface area contributed by atoms with E-state index in [9.17, 15) is 9.59 Å². The van der Waals surface area contributed by atoms with Crippen LogP contribution in [-0.4, -0.2) is 25.2 Å². The molecule has 0 atom stereocenters. The zero-order valence-corrected chi connectivity index (χ0v) is 18.2. The van der Waals surface area contributed by atoms with Crippen LogP contribution < -0.4 is 24.8 Å². The number of halogens is 1. The lowest BCUT2D eigenvalue weighted by molar-refractivity contribution is -0.118. The maximum absolute atomic E-state index is 12.8. The molecule has 7 nitrogen and oxygen atoms in total. The van der Waals surface area contributed by atoms with Crippen LogP contribution in [-0.2, 0) is 4.79 Å². The maximum atomic E-state index is 12.8. The van der Waals surface area contributed by atoms with Crippen LogP contribution in [0, 0.1) is 6.92 Å². The maximum Gasteiger partial charge on any atom is 0.262 e. The van der Waals surface area contributed by atoms with E-state index in [2.05, 4.69) is 26.6 Å². The Balaban J connectivity index is 1.41. The number of nitrogens with one attached hydrogen (secondary N) is 2. The number of rotatable bonds is 6. The second-order valence-corrected chi connectivity index (χ2v) is 7.69. The van der Waals surface area contributed by atoms with Crippen molar-refractivity contribution < 1.29 is 23.8 Å². The molecule has 0 unspecified atom stereocenters. The molecule has 8 heteroatoms. The molecule has 0 bridgehead atoms. The topological polar surface area (TPSA) is 85.9 Å². The van der Waals surface area contributed by atoms with Crippen molar-refractivity contribution in [3.63, 3.8) is 0 Å². The number of hydrogen-bond donors (Lipinski definition) is 2. The Hall–Kier alpha value is -3.52. The Labute approximate surface area is 187 Å². The summed E-state index contributed by atoms with van der Waals surface area (Å²) in [7, 11) is 0. The number of hydrogen-bond acceptors (Lipinski definition) is 5. The average Bonchev–Trinajstić information content (AvgIpc) is 3.21. The Morgan fingerprint density at radius 1 is 1.00 bits per heavy atom. The van der Waals surface area contributed by atoms with Crippen molar-refractivity contribution in [2.75, 3.05) is 24.0 Å². The molecule has 0 fully saturated rings. The van der Waals surface area contributed by atoms with Crippen LogP contribution in [0.25, 0.3) is 0 Å². The van der Waals surface area contributed by atoms with E-state index >= 15 is 0 Å². The molecule has 158 valence electrons. The zero-order valence-electron chi connectivity index (χ0n) is 16.6. The number of ether oxygens (including phenoxy) is 3. The molecule has 0 aromatic heterocycles. The number of amides is 2. The molecule has 31 heavy (non-hydrogen) atoms. The fourth-order valence-corrected chi connectivity index (χ4v) is 3.62. The summed E-state index contributed by atoms with van der Waals surface area (Å²) >= 11 is 3.42. The first-order valence-corrected chi connectivity index (χ1v) is 10.3. The summed E-state index contributed by atoms with van der Waals surface area (Å²) in [6.07, 6.45) is 0. The van der Waals surface area contributed by atoms with Crippen molar-refractivity contribution in [3.05, 3.63) is 76.3 Å². The van der Waals surface area contributed by atoms with Crippen LogP contribution in [0.5, 0.6) is 17.2 Å². The van der Waals surface area contributed by atoms with E-state index in [0.29, 0.717) is 34.2 Å². The van der Waals surface area contributed by atoms with Crippen molar-refractivity contribution in [1.82, 2.24) is 0 Å². The largest absolute Gasteiger partial charge is 0.483 e. The van der Waals surface area contributed by atoms with Gasteiger partial charge in [0.05, 0.1) is 15.7 Å². The fourth-order valence-electron chi connectivity index (χ4n) is 3.02. The first-order chi connectivity index (χ1) is 15.0. The first kappa shape index (κ1) is 20.7. The van der Waals surface area contributed by atoms with Crippen LogP contribution in [0.3, 0.4) is 0 Å². The molecule has 3 aromatic rings. The minimum Gasteiger partial charge on any atom is -0.483 e. The summed E-state index contributed by atoms with van der Waals surface area (Å²) in [4.78, 5) is 25.2. The molecule has 1 aliphatic rings. The number of benzene rings is 3. The van der Waals surface area contributed by atoms with Gasteiger partial charge < -0.3 is 24.8 Å². The van der Waals surface area contributed by atoms with Crippen molar-refractivity contribution in [2.24, 2.45) is 0 Å². The second kappa shape index (κ2) is 9.09.